The summed E-state index contributed by atoms with van der Waals surface area (Å²) in [5, 5.41) is 0. The number of aryl methyl sites for hydroxylation is 1. The standard InChI is InChI=1S/C20H18O3/c1-2-20(19(22)23-14-15-8-4-3-5-9-15)13-12-16-10-6-7-11-17(16)18(20)21/h2-11H,1,12-14H2/t20-/m1/s1. The van der Waals surface area contributed by atoms with Gasteiger partial charge >= 0.3 is 5.97 Å². The predicted octanol–water partition coefficient (Wildman–Crippen LogP) is 3.73. The number of Topliss-reactive ketones (excluding diaryl/α,β-unsaturated/α-hetero) is 1. The summed E-state index contributed by atoms with van der Waals surface area (Å²) in [6.45, 7) is 3.89. The molecule has 1 atom stereocenters. The molecule has 3 nitrogen and oxygen atoms in total. The van der Waals surface area contributed by atoms with Crippen LogP contribution in [0.2, 0.25) is 0 Å². The highest BCUT2D eigenvalue weighted by atomic mass is 16.5. The smallest absolute Gasteiger partial charge is 0.324 e. The first kappa shape index (κ1) is 15.2. The zero-order valence-corrected chi connectivity index (χ0v) is 12.8. The predicted molar refractivity (Wildman–Crippen MR) is 88.0 cm³/mol. The van der Waals surface area contributed by atoms with Gasteiger partial charge in [-0.15, -0.1) is 6.58 Å². The van der Waals surface area contributed by atoms with Gasteiger partial charge < -0.3 is 4.74 Å². The summed E-state index contributed by atoms with van der Waals surface area (Å²) in [6.07, 6.45) is 2.51. The third-order valence-electron chi connectivity index (χ3n) is 4.38. The van der Waals surface area contributed by atoms with E-state index in [9.17, 15) is 9.59 Å². The fourth-order valence-corrected chi connectivity index (χ4v) is 2.97. The van der Waals surface area contributed by atoms with Gasteiger partial charge in [-0.3, -0.25) is 9.59 Å². The summed E-state index contributed by atoms with van der Waals surface area (Å²) in [5.74, 6) is -0.733. The van der Waals surface area contributed by atoms with E-state index in [1.54, 1.807) is 6.07 Å². The molecule has 0 saturated heterocycles. The molecule has 0 fully saturated rings. The molecule has 0 amide bonds. The molecule has 2 aromatic carbocycles. The third-order valence-corrected chi connectivity index (χ3v) is 4.38. The number of fused-ring (bicyclic) bond motifs is 1. The Morgan fingerprint density at radius 2 is 1.83 bits per heavy atom. The molecular formula is C20H18O3. The van der Waals surface area contributed by atoms with E-state index < -0.39 is 11.4 Å². The van der Waals surface area contributed by atoms with Gasteiger partial charge in [0, 0.05) is 5.56 Å². The van der Waals surface area contributed by atoms with Crippen LogP contribution in [-0.2, 0) is 22.6 Å². The van der Waals surface area contributed by atoms with Crippen LogP contribution in [0.3, 0.4) is 0 Å². The molecule has 0 aromatic heterocycles. The molecule has 0 bridgehead atoms. The summed E-state index contributed by atoms with van der Waals surface area (Å²) in [7, 11) is 0. The van der Waals surface area contributed by atoms with Gasteiger partial charge in [0.05, 0.1) is 0 Å². The second-order valence-corrected chi connectivity index (χ2v) is 5.72. The Morgan fingerprint density at radius 1 is 1.13 bits per heavy atom. The summed E-state index contributed by atoms with van der Waals surface area (Å²) in [5.41, 5.74) is 1.19. The van der Waals surface area contributed by atoms with Gasteiger partial charge in [0.25, 0.3) is 0 Å². The minimum absolute atomic E-state index is 0.157. The van der Waals surface area contributed by atoms with Gasteiger partial charge in [0.1, 0.15) is 12.0 Å². The SMILES string of the molecule is C=C[C@@]1(C(=O)OCc2ccccc2)CCc2ccccc2C1=O. The molecule has 0 unspecified atom stereocenters. The van der Waals surface area contributed by atoms with Gasteiger partial charge in [-0.2, -0.15) is 0 Å². The van der Waals surface area contributed by atoms with Gasteiger partial charge in [-0.1, -0.05) is 60.7 Å². The van der Waals surface area contributed by atoms with Gasteiger partial charge in [-0.25, -0.2) is 0 Å². The van der Waals surface area contributed by atoms with Crippen molar-refractivity contribution in [3.63, 3.8) is 0 Å². The van der Waals surface area contributed by atoms with E-state index in [-0.39, 0.29) is 12.4 Å². The van der Waals surface area contributed by atoms with E-state index in [4.69, 9.17) is 4.74 Å². The van der Waals surface area contributed by atoms with E-state index in [2.05, 4.69) is 6.58 Å². The summed E-state index contributed by atoms with van der Waals surface area (Å²) < 4.78 is 5.42. The van der Waals surface area contributed by atoms with Crippen LogP contribution in [0.5, 0.6) is 0 Å². The number of carbonyl (C=O) groups excluding carboxylic acids is 2. The van der Waals surface area contributed by atoms with Crippen molar-refractivity contribution < 1.29 is 14.3 Å². The molecule has 1 aliphatic carbocycles. The molecule has 3 rings (SSSR count). The van der Waals surface area contributed by atoms with Crippen molar-refractivity contribution in [1.29, 1.82) is 0 Å². The third kappa shape index (κ3) is 2.70. The van der Waals surface area contributed by atoms with E-state index in [1.165, 1.54) is 6.08 Å². The molecule has 1 aliphatic rings. The summed E-state index contributed by atoms with van der Waals surface area (Å²) in [4.78, 5) is 25.5. The number of hydrogen-bond acceptors (Lipinski definition) is 3. The lowest BCUT2D eigenvalue weighted by Crippen LogP contribution is -2.42. The first-order chi connectivity index (χ1) is 11.2. The Kier molecular flexibility index (Phi) is 4.11. The van der Waals surface area contributed by atoms with Crippen LogP contribution in [0.1, 0.15) is 27.9 Å². The molecule has 0 heterocycles. The number of esters is 1. The van der Waals surface area contributed by atoms with E-state index >= 15 is 0 Å². The lowest BCUT2D eigenvalue weighted by Gasteiger charge is -2.31. The summed E-state index contributed by atoms with van der Waals surface area (Å²) >= 11 is 0. The number of benzene rings is 2. The number of hydrogen-bond donors (Lipinski definition) is 0. The fourth-order valence-electron chi connectivity index (χ4n) is 2.97. The molecule has 0 spiro atoms. The van der Waals surface area contributed by atoms with Gasteiger partial charge in [0.15, 0.2) is 5.78 Å². The molecule has 3 heteroatoms. The van der Waals surface area contributed by atoms with Crippen LogP contribution in [0, 0.1) is 5.41 Å². The average molecular weight is 306 g/mol. The van der Waals surface area contributed by atoms with Gasteiger partial charge in [-0.05, 0) is 24.0 Å². The molecular weight excluding hydrogens is 288 g/mol. The van der Waals surface area contributed by atoms with Crippen LogP contribution >= 0.6 is 0 Å². The highest BCUT2D eigenvalue weighted by Gasteiger charge is 2.47. The monoisotopic (exact) mass is 306 g/mol. The lowest BCUT2D eigenvalue weighted by atomic mass is 9.70. The zero-order chi connectivity index (χ0) is 16.3. The largest absolute Gasteiger partial charge is 0.460 e. The highest BCUT2D eigenvalue weighted by molar-refractivity contribution is 6.15. The molecule has 23 heavy (non-hydrogen) atoms. The Balaban J connectivity index is 1.83. The normalized spacial score (nSPS) is 19.7. The number of carbonyl (C=O) groups is 2. The average Bonchev–Trinajstić information content (AvgIpc) is 2.61. The minimum atomic E-state index is -1.27. The first-order valence-corrected chi connectivity index (χ1v) is 7.65. The number of rotatable bonds is 4. The Bertz CT molecular complexity index is 748. The van der Waals surface area contributed by atoms with Crippen molar-refractivity contribution in [2.24, 2.45) is 5.41 Å². The molecule has 0 saturated carbocycles. The highest BCUT2D eigenvalue weighted by Crippen LogP contribution is 2.37. The zero-order valence-electron chi connectivity index (χ0n) is 12.8. The quantitative estimate of drug-likeness (QED) is 0.491. The fraction of sp³-hybridized carbons (Fsp3) is 0.200. The van der Waals surface area contributed by atoms with Crippen molar-refractivity contribution in [2.45, 2.75) is 19.4 Å². The first-order valence-electron chi connectivity index (χ1n) is 7.65. The van der Waals surface area contributed by atoms with Crippen molar-refractivity contribution in [3.05, 3.63) is 83.9 Å². The van der Waals surface area contributed by atoms with Crippen molar-refractivity contribution in [3.8, 4) is 0 Å². The van der Waals surface area contributed by atoms with Crippen LogP contribution in [0.4, 0.5) is 0 Å². The number of ether oxygens (including phenoxy) is 1. The maximum absolute atomic E-state index is 12.9. The van der Waals surface area contributed by atoms with E-state index in [0.717, 1.165) is 11.1 Å². The minimum Gasteiger partial charge on any atom is -0.460 e. The molecule has 0 radical (unpaired) electrons. The topological polar surface area (TPSA) is 43.4 Å². The van der Waals surface area contributed by atoms with Gasteiger partial charge in [0.2, 0.25) is 0 Å². The molecule has 0 aliphatic heterocycles. The van der Waals surface area contributed by atoms with Crippen LogP contribution in [0.15, 0.2) is 67.3 Å². The number of ketones is 1. The molecule has 116 valence electrons. The van der Waals surface area contributed by atoms with Crippen LogP contribution in [0.25, 0.3) is 0 Å². The van der Waals surface area contributed by atoms with Crippen molar-refractivity contribution in [1.82, 2.24) is 0 Å². The Morgan fingerprint density at radius 3 is 2.57 bits per heavy atom. The Labute approximate surface area is 135 Å². The van der Waals surface area contributed by atoms with E-state index in [1.807, 2.05) is 48.5 Å². The molecule has 2 aromatic rings. The van der Waals surface area contributed by atoms with Crippen molar-refractivity contribution in [2.75, 3.05) is 0 Å². The summed E-state index contributed by atoms with van der Waals surface area (Å²) in [6, 6.07) is 16.8. The lowest BCUT2D eigenvalue weighted by molar-refractivity contribution is -0.152. The maximum atomic E-state index is 12.9. The second kappa shape index (κ2) is 6.21. The van der Waals surface area contributed by atoms with Crippen LogP contribution in [-0.4, -0.2) is 11.8 Å². The van der Waals surface area contributed by atoms with Crippen molar-refractivity contribution >= 4 is 11.8 Å². The second-order valence-electron chi connectivity index (χ2n) is 5.72. The maximum Gasteiger partial charge on any atom is 0.324 e. The molecule has 0 N–H and O–H groups in total. The van der Waals surface area contributed by atoms with E-state index in [0.29, 0.717) is 18.4 Å². The Hall–Kier alpha value is -2.68. The van der Waals surface area contributed by atoms with Crippen LogP contribution < -0.4 is 0 Å².